The second kappa shape index (κ2) is 8.88. The summed E-state index contributed by atoms with van der Waals surface area (Å²) in [5.74, 6) is 0.252. The van der Waals surface area contributed by atoms with Crippen LogP contribution in [0.5, 0.6) is 11.5 Å². The summed E-state index contributed by atoms with van der Waals surface area (Å²) in [6, 6.07) is 10.1. The third kappa shape index (κ3) is 5.10. The van der Waals surface area contributed by atoms with E-state index < -0.39 is 15.9 Å². The second-order valence-electron chi connectivity index (χ2n) is 5.23. The number of halogens is 1. The molecule has 0 radical (unpaired) electrons. The van der Waals surface area contributed by atoms with Crippen molar-refractivity contribution < 1.29 is 22.7 Å². The topological polar surface area (TPSA) is 93.7 Å². The Morgan fingerprint density at radius 3 is 2.42 bits per heavy atom. The number of hydrogen-bond acceptors (Lipinski definition) is 5. The monoisotopic (exact) mass is 398 g/mol. The lowest BCUT2D eigenvalue weighted by molar-refractivity contribution is 0.0944. The van der Waals surface area contributed by atoms with Crippen molar-refractivity contribution in [3.05, 3.63) is 53.1 Å². The first-order valence-electron chi connectivity index (χ1n) is 7.76. The molecule has 7 nitrogen and oxygen atoms in total. The van der Waals surface area contributed by atoms with Crippen LogP contribution in [0.1, 0.15) is 23.7 Å². The van der Waals surface area contributed by atoms with E-state index in [0.29, 0.717) is 23.1 Å². The average Bonchev–Trinajstić information content (AvgIpc) is 2.64. The molecule has 0 saturated heterocycles. The summed E-state index contributed by atoms with van der Waals surface area (Å²) in [4.78, 5) is 14.2. The van der Waals surface area contributed by atoms with E-state index in [1.54, 1.807) is 6.07 Å². The number of hydrogen-bond donors (Lipinski definition) is 2. The maximum absolute atomic E-state index is 12.2. The Labute approximate surface area is 157 Å². The van der Waals surface area contributed by atoms with Gasteiger partial charge >= 0.3 is 0 Å². The van der Waals surface area contributed by atoms with Gasteiger partial charge in [-0.1, -0.05) is 18.5 Å². The molecule has 0 aromatic heterocycles. The van der Waals surface area contributed by atoms with Gasteiger partial charge in [0.2, 0.25) is 0 Å². The van der Waals surface area contributed by atoms with Crippen LogP contribution in [-0.2, 0) is 10.0 Å². The highest BCUT2D eigenvalue weighted by Crippen LogP contribution is 2.28. The molecule has 2 aromatic rings. The van der Waals surface area contributed by atoms with Crippen molar-refractivity contribution in [2.24, 2.45) is 0 Å². The highest BCUT2D eigenvalue weighted by atomic mass is 35.5. The minimum absolute atomic E-state index is 0.0249. The summed E-state index contributed by atoms with van der Waals surface area (Å²) in [7, 11) is -2.46. The maximum Gasteiger partial charge on any atom is 0.266 e. The van der Waals surface area contributed by atoms with Crippen molar-refractivity contribution in [1.82, 2.24) is 10.3 Å². The summed E-state index contributed by atoms with van der Waals surface area (Å²) in [6.07, 6.45) is 0.831. The van der Waals surface area contributed by atoms with Crippen LogP contribution in [0.15, 0.2) is 47.4 Å². The number of hydrazine groups is 1. The summed E-state index contributed by atoms with van der Waals surface area (Å²) >= 11 is 5.74. The van der Waals surface area contributed by atoms with Gasteiger partial charge in [-0.05, 0) is 48.9 Å². The van der Waals surface area contributed by atoms with Gasteiger partial charge in [-0.2, -0.15) is 0 Å². The van der Waals surface area contributed by atoms with Gasteiger partial charge in [0.1, 0.15) is 0 Å². The van der Waals surface area contributed by atoms with E-state index in [9.17, 15) is 13.2 Å². The van der Waals surface area contributed by atoms with E-state index in [-0.39, 0.29) is 10.5 Å². The van der Waals surface area contributed by atoms with E-state index >= 15 is 0 Å². The molecule has 0 spiro atoms. The number of ether oxygens (including phenoxy) is 2. The van der Waals surface area contributed by atoms with Gasteiger partial charge in [0.15, 0.2) is 11.5 Å². The molecule has 0 aliphatic heterocycles. The second-order valence-corrected chi connectivity index (χ2v) is 7.35. The predicted octanol–water partition coefficient (Wildman–Crippen LogP) is 2.76. The molecule has 0 saturated carbocycles. The molecular weight excluding hydrogens is 380 g/mol. The molecule has 2 N–H and O–H groups in total. The molecule has 1 amide bonds. The van der Waals surface area contributed by atoms with Gasteiger partial charge in [0, 0.05) is 10.6 Å². The van der Waals surface area contributed by atoms with Gasteiger partial charge in [0.25, 0.3) is 15.9 Å². The molecule has 0 heterocycles. The summed E-state index contributed by atoms with van der Waals surface area (Å²) < 4.78 is 35.0. The number of methoxy groups -OCH3 is 1. The normalized spacial score (nSPS) is 11.0. The lowest BCUT2D eigenvalue weighted by Gasteiger charge is -2.12. The molecule has 140 valence electrons. The first-order chi connectivity index (χ1) is 12.4. The minimum Gasteiger partial charge on any atom is -0.493 e. The number of amides is 1. The third-order valence-electron chi connectivity index (χ3n) is 3.31. The predicted molar refractivity (Wildman–Crippen MR) is 98.0 cm³/mol. The van der Waals surface area contributed by atoms with Crippen molar-refractivity contribution in [1.29, 1.82) is 0 Å². The third-order valence-corrected chi connectivity index (χ3v) is 4.83. The van der Waals surface area contributed by atoms with E-state index in [0.717, 1.165) is 6.42 Å². The number of benzene rings is 2. The van der Waals surface area contributed by atoms with E-state index in [1.807, 2.05) is 11.8 Å². The number of carbonyl (C=O) groups is 1. The lowest BCUT2D eigenvalue weighted by atomic mass is 10.2. The number of rotatable bonds is 8. The van der Waals surface area contributed by atoms with Gasteiger partial charge in [-0.15, -0.1) is 4.83 Å². The van der Waals surface area contributed by atoms with Crippen molar-refractivity contribution >= 4 is 27.5 Å². The van der Waals surface area contributed by atoms with Crippen molar-refractivity contribution in [3.8, 4) is 11.5 Å². The zero-order valence-electron chi connectivity index (χ0n) is 14.3. The Morgan fingerprint density at radius 2 is 1.81 bits per heavy atom. The fourth-order valence-electron chi connectivity index (χ4n) is 2.00. The zero-order chi connectivity index (χ0) is 19.2. The molecule has 2 aromatic carbocycles. The van der Waals surface area contributed by atoms with Crippen LogP contribution in [0, 0.1) is 0 Å². The Morgan fingerprint density at radius 1 is 1.12 bits per heavy atom. The van der Waals surface area contributed by atoms with E-state index in [2.05, 4.69) is 5.43 Å². The molecule has 0 unspecified atom stereocenters. The van der Waals surface area contributed by atoms with Crippen molar-refractivity contribution in [2.45, 2.75) is 18.2 Å². The average molecular weight is 399 g/mol. The molecular formula is C17H19ClN2O5S. The number of sulfonamides is 1. The summed E-state index contributed by atoms with van der Waals surface area (Å²) in [5.41, 5.74) is 2.37. The molecule has 0 aliphatic rings. The van der Waals surface area contributed by atoms with E-state index in [4.69, 9.17) is 21.1 Å². The van der Waals surface area contributed by atoms with Gasteiger partial charge in [0.05, 0.1) is 18.6 Å². The largest absolute Gasteiger partial charge is 0.493 e. The van der Waals surface area contributed by atoms with Crippen LogP contribution in [0.2, 0.25) is 5.02 Å². The van der Waals surface area contributed by atoms with E-state index in [1.165, 1.54) is 43.5 Å². The quantitative estimate of drug-likeness (QED) is 0.667. The number of carbonyl (C=O) groups excluding carboxylic acids is 1. The van der Waals surface area contributed by atoms with Crippen LogP contribution >= 0.6 is 11.6 Å². The molecule has 0 bridgehead atoms. The maximum atomic E-state index is 12.2. The Balaban J connectivity index is 2.08. The van der Waals surface area contributed by atoms with Crippen LogP contribution in [0.4, 0.5) is 0 Å². The van der Waals surface area contributed by atoms with Crippen LogP contribution in [0.25, 0.3) is 0 Å². The van der Waals surface area contributed by atoms with Crippen LogP contribution in [-0.4, -0.2) is 28.0 Å². The Kier molecular flexibility index (Phi) is 6.84. The first-order valence-corrected chi connectivity index (χ1v) is 9.62. The lowest BCUT2D eigenvalue weighted by Crippen LogP contribution is -2.41. The first kappa shape index (κ1) is 20.0. The SMILES string of the molecule is CCCOc1ccc(C(=O)NNS(=O)(=O)c2ccc(Cl)cc2)cc1OC. The van der Waals surface area contributed by atoms with Crippen LogP contribution in [0.3, 0.4) is 0 Å². The van der Waals surface area contributed by atoms with Gasteiger partial charge in [-0.25, -0.2) is 8.42 Å². The Bertz CT molecular complexity index is 869. The smallest absolute Gasteiger partial charge is 0.266 e. The number of nitrogens with one attached hydrogen (secondary N) is 2. The molecule has 26 heavy (non-hydrogen) atoms. The summed E-state index contributed by atoms with van der Waals surface area (Å²) in [6.45, 7) is 2.49. The molecule has 9 heteroatoms. The summed E-state index contributed by atoms with van der Waals surface area (Å²) in [5, 5.41) is 0.408. The molecule has 2 rings (SSSR count). The standard InChI is InChI=1S/C17H19ClN2O5S/c1-3-10-25-15-9-4-12(11-16(15)24-2)17(21)19-20-26(22,23)14-7-5-13(18)6-8-14/h4-9,11,20H,3,10H2,1-2H3,(H,19,21). The molecule has 0 aliphatic carbocycles. The Hall–Kier alpha value is -2.29. The van der Waals surface area contributed by atoms with Crippen molar-refractivity contribution in [3.63, 3.8) is 0 Å². The fourth-order valence-corrected chi connectivity index (χ4v) is 2.96. The van der Waals surface area contributed by atoms with Crippen molar-refractivity contribution in [2.75, 3.05) is 13.7 Å². The fraction of sp³-hybridized carbons (Fsp3) is 0.235. The van der Waals surface area contributed by atoms with Crippen LogP contribution < -0.4 is 19.7 Å². The zero-order valence-corrected chi connectivity index (χ0v) is 15.9. The minimum atomic E-state index is -3.91. The molecule has 0 atom stereocenters. The highest BCUT2D eigenvalue weighted by Gasteiger charge is 2.17. The van der Waals surface area contributed by atoms with Gasteiger partial charge in [-0.3, -0.25) is 10.2 Å². The highest BCUT2D eigenvalue weighted by molar-refractivity contribution is 7.89. The molecule has 0 fully saturated rings. The van der Waals surface area contributed by atoms with Gasteiger partial charge < -0.3 is 9.47 Å².